The monoisotopic (exact) mass is 332 g/mol. The molecule has 0 amide bonds. The zero-order valence-electron chi connectivity index (χ0n) is 11.6. The van der Waals surface area contributed by atoms with Crippen LogP contribution in [0.25, 0.3) is 6.08 Å². The third kappa shape index (κ3) is 3.64. The van der Waals surface area contributed by atoms with Crippen molar-refractivity contribution in [3.63, 3.8) is 0 Å². The van der Waals surface area contributed by atoms with Gasteiger partial charge in [-0.25, -0.2) is 0 Å². The van der Waals surface area contributed by atoms with Gasteiger partial charge >= 0.3 is 0 Å². The van der Waals surface area contributed by atoms with Gasteiger partial charge in [0.25, 0.3) is 0 Å². The summed E-state index contributed by atoms with van der Waals surface area (Å²) in [6.07, 6.45) is 1.99. The van der Waals surface area contributed by atoms with Gasteiger partial charge in [0, 0.05) is 0 Å². The fourth-order valence-corrected chi connectivity index (χ4v) is 2.22. The van der Waals surface area contributed by atoms with Gasteiger partial charge in [-0.05, 0) is 46.8 Å². The van der Waals surface area contributed by atoms with Gasteiger partial charge in [-0.1, -0.05) is 46.3 Å². The molecule has 0 aliphatic heterocycles. The van der Waals surface area contributed by atoms with Crippen LogP contribution in [0.15, 0.2) is 47.4 Å². The Bertz CT molecular complexity index is 591. The zero-order chi connectivity index (χ0) is 14.4. The molecule has 0 saturated heterocycles. The van der Waals surface area contributed by atoms with Crippen molar-refractivity contribution in [2.45, 2.75) is 13.5 Å². The molecule has 0 bridgehead atoms. The second-order valence-corrected chi connectivity index (χ2v) is 4.96. The lowest BCUT2D eigenvalue weighted by Crippen LogP contribution is -1.98. The van der Waals surface area contributed by atoms with Crippen molar-refractivity contribution >= 4 is 22.0 Å². The zero-order valence-corrected chi connectivity index (χ0v) is 13.2. The molecule has 0 fully saturated rings. The van der Waals surface area contributed by atoms with Gasteiger partial charge in [-0.15, -0.1) is 0 Å². The summed E-state index contributed by atoms with van der Waals surface area (Å²) in [5.41, 5.74) is 3.38. The first-order valence-corrected chi connectivity index (χ1v) is 7.28. The van der Waals surface area contributed by atoms with E-state index in [9.17, 15) is 0 Å². The van der Waals surface area contributed by atoms with E-state index in [0.29, 0.717) is 6.61 Å². The van der Waals surface area contributed by atoms with Crippen LogP contribution in [0, 0.1) is 6.92 Å². The molecule has 0 N–H and O–H groups in total. The molecule has 0 atom stereocenters. The molecular formula is C17H17BrO2. The molecule has 2 nitrogen and oxygen atoms in total. The molecule has 0 saturated carbocycles. The summed E-state index contributed by atoms with van der Waals surface area (Å²) in [6.45, 7) is 2.57. The predicted molar refractivity (Wildman–Crippen MR) is 86.5 cm³/mol. The Morgan fingerprint density at radius 2 is 1.85 bits per heavy atom. The van der Waals surface area contributed by atoms with Crippen molar-refractivity contribution in [3.05, 3.63) is 64.1 Å². The molecule has 0 heterocycles. The number of hydrogen-bond acceptors (Lipinski definition) is 2. The second-order valence-electron chi connectivity index (χ2n) is 4.43. The van der Waals surface area contributed by atoms with Crippen molar-refractivity contribution < 1.29 is 9.47 Å². The SMILES string of the molecule is COc1cc(C)c(C=CBr)cc1OCc1ccccc1. The highest BCUT2D eigenvalue weighted by Gasteiger charge is 2.08. The number of rotatable bonds is 5. The van der Waals surface area contributed by atoms with Crippen LogP contribution in [0.4, 0.5) is 0 Å². The molecule has 104 valence electrons. The van der Waals surface area contributed by atoms with Crippen molar-refractivity contribution in [1.29, 1.82) is 0 Å². The lowest BCUT2D eigenvalue weighted by molar-refractivity contribution is 0.284. The minimum absolute atomic E-state index is 0.526. The van der Waals surface area contributed by atoms with E-state index >= 15 is 0 Å². The summed E-state index contributed by atoms with van der Waals surface area (Å²) in [6, 6.07) is 14.1. The van der Waals surface area contributed by atoms with E-state index in [0.717, 1.165) is 28.2 Å². The lowest BCUT2D eigenvalue weighted by Gasteiger charge is -2.13. The van der Waals surface area contributed by atoms with Crippen molar-refractivity contribution in [2.75, 3.05) is 7.11 Å². The van der Waals surface area contributed by atoms with E-state index in [2.05, 4.69) is 15.9 Å². The summed E-state index contributed by atoms with van der Waals surface area (Å²) in [4.78, 5) is 1.84. The Balaban J connectivity index is 2.23. The molecule has 20 heavy (non-hydrogen) atoms. The van der Waals surface area contributed by atoms with Gasteiger partial charge < -0.3 is 9.47 Å². The van der Waals surface area contributed by atoms with Crippen LogP contribution >= 0.6 is 15.9 Å². The van der Waals surface area contributed by atoms with Crippen LogP contribution in [-0.4, -0.2) is 7.11 Å². The number of halogens is 1. The Morgan fingerprint density at radius 1 is 1.10 bits per heavy atom. The smallest absolute Gasteiger partial charge is 0.162 e. The third-order valence-corrected chi connectivity index (χ3v) is 3.30. The van der Waals surface area contributed by atoms with Crippen molar-refractivity contribution in [1.82, 2.24) is 0 Å². The van der Waals surface area contributed by atoms with E-state index in [4.69, 9.17) is 9.47 Å². The van der Waals surface area contributed by atoms with Gasteiger partial charge in [0.05, 0.1) is 7.11 Å². The highest BCUT2D eigenvalue weighted by molar-refractivity contribution is 9.11. The first-order valence-electron chi connectivity index (χ1n) is 6.36. The molecule has 0 aliphatic rings. The fourth-order valence-electron chi connectivity index (χ4n) is 1.93. The van der Waals surface area contributed by atoms with E-state index in [1.165, 1.54) is 0 Å². The standard InChI is InChI=1S/C17H17BrO2/c1-13-10-16(19-2)17(11-15(13)8-9-18)20-12-14-6-4-3-5-7-14/h3-11H,12H2,1-2H3. The highest BCUT2D eigenvalue weighted by atomic mass is 79.9. The summed E-state index contributed by atoms with van der Waals surface area (Å²) in [5.74, 6) is 1.51. The topological polar surface area (TPSA) is 18.5 Å². The summed E-state index contributed by atoms with van der Waals surface area (Å²) in [5, 5.41) is 0. The first kappa shape index (κ1) is 14.7. The number of methoxy groups -OCH3 is 1. The van der Waals surface area contributed by atoms with Crippen molar-refractivity contribution in [2.24, 2.45) is 0 Å². The molecule has 0 radical (unpaired) electrons. The number of hydrogen-bond donors (Lipinski definition) is 0. The Morgan fingerprint density at radius 3 is 2.50 bits per heavy atom. The molecule has 0 spiro atoms. The quantitative estimate of drug-likeness (QED) is 0.771. The van der Waals surface area contributed by atoms with Gasteiger partial charge in [0.2, 0.25) is 0 Å². The van der Waals surface area contributed by atoms with Crippen LogP contribution in [0.2, 0.25) is 0 Å². The average molecular weight is 333 g/mol. The second kappa shape index (κ2) is 7.15. The lowest BCUT2D eigenvalue weighted by atomic mass is 10.1. The van der Waals surface area contributed by atoms with Gasteiger partial charge in [0.15, 0.2) is 11.5 Å². The number of aryl methyl sites for hydroxylation is 1. The summed E-state index contributed by atoms with van der Waals surface area (Å²) >= 11 is 3.30. The largest absolute Gasteiger partial charge is 0.493 e. The van der Waals surface area contributed by atoms with E-state index < -0.39 is 0 Å². The average Bonchev–Trinajstić information content (AvgIpc) is 2.48. The fraction of sp³-hybridized carbons (Fsp3) is 0.176. The predicted octanol–water partition coefficient (Wildman–Crippen LogP) is 4.95. The van der Waals surface area contributed by atoms with Gasteiger partial charge in [-0.2, -0.15) is 0 Å². The minimum Gasteiger partial charge on any atom is -0.493 e. The molecule has 0 unspecified atom stereocenters. The van der Waals surface area contributed by atoms with E-state index in [-0.39, 0.29) is 0 Å². The summed E-state index contributed by atoms with van der Waals surface area (Å²) in [7, 11) is 1.66. The first-order chi connectivity index (χ1) is 9.74. The summed E-state index contributed by atoms with van der Waals surface area (Å²) < 4.78 is 11.3. The molecule has 0 aliphatic carbocycles. The normalized spacial score (nSPS) is 10.8. The minimum atomic E-state index is 0.526. The third-order valence-electron chi connectivity index (χ3n) is 3.03. The molecule has 2 rings (SSSR count). The number of benzene rings is 2. The van der Waals surface area contributed by atoms with Crippen LogP contribution in [-0.2, 0) is 6.61 Å². The highest BCUT2D eigenvalue weighted by Crippen LogP contribution is 2.32. The molecular weight excluding hydrogens is 316 g/mol. The molecule has 2 aromatic rings. The molecule has 0 aromatic heterocycles. The Hall–Kier alpha value is -1.74. The van der Waals surface area contributed by atoms with Crippen LogP contribution in [0.5, 0.6) is 11.5 Å². The Kier molecular flexibility index (Phi) is 5.24. The van der Waals surface area contributed by atoms with Crippen LogP contribution in [0.3, 0.4) is 0 Å². The van der Waals surface area contributed by atoms with Gasteiger partial charge in [-0.3, -0.25) is 0 Å². The maximum absolute atomic E-state index is 5.88. The maximum atomic E-state index is 5.88. The molecule has 2 aromatic carbocycles. The van der Waals surface area contributed by atoms with E-state index in [1.807, 2.05) is 60.4 Å². The number of ether oxygens (including phenoxy) is 2. The van der Waals surface area contributed by atoms with Crippen molar-refractivity contribution in [3.8, 4) is 11.5 Å². The van der Waals surface area contributed by atoms with Crippen LogP contribution < -0.4 is 9.47 Å². The maximum Gasteiger partial charge on any atom is 0.162 e. The van der Waals surface area contributed by atoms with Gasteiger partial charge in [0.1, 0.15) is 6.61 Å². The van der Waals surface area contributed by atoms with E-state index in [1.54, 1.807) is 7.11 Å². The van der Waals surface area contributed by atoms with Crippen LogP contribution in [0.1, 0.15) is 16.7 Å². The molecule has 3 heteroatoms. The Labute approximate surface area is 128 Å².